The summed E-state index contributed by atoms with van der Waals surface area (Å²) in [6.45, 7) is 2.09. The van der Waals surface area contributed by atoms with Crippen LogP contribution in [-0.4, -0.2) is 44.6 Å². The first kappa shape index (κ1) is 15.2. The average Bonchev–Trinajstić information content (AvgIpc) is 3.19. The highest BCUT2D eigenvalue weighted by Gasteiger charge is 2.33. The van der Waals surface area contributed by atoms with Crippen LogP contribution < -0.4 is 5.32 Å². The highest BCUT2D eigenvalue weighted by Crippen LogP contribution is 2.20. The molecule has 1 fully saturated rings. The van der Waals surface area contributed by atoms with E-state index in [4.69, 9.17) is 0 Å². The second kappa shape index (κ2) is 7.04. The zero-order valence-electron chi connectivity index (χ0n) is 12.8. The van der Waals surface area contributed by atoms with Gasteiger partial charge in [0.05, 0.1) is 12.5 Å². The second-order valence-electron chi connectivity index (χ2n) is 5.60. The predicted molar refractivity (Wildman–Crippen MR) is 83.0 cm³/mol. The smallest absolute Gasteiger partial charge is 0.225 e. The van der Waals surface area contributed by atoms with E-state index in [9.17, 15) is 9.59 Å². The normalized spacial score (nSPS) is 17.5. The summed E-state index contributed by atoms with van der Waals surface area (Å²) < 4.78 is 1.76. The molecule has 3 rings (SSSR count). The van der Waals surface area contributed by atoms with Crippen LogP contribution in [0.3, 0.4) is 0 Å². The lowest BCUT2D eigenvalue weighted by molar-refractivity contribution is -0.129. The van der Waals surface area contributed by atoms with E-state index in [0.717, 1.165) is 5.56 Å². The van der Waals surface area contributed by atoms with Crippen molar-refractivity contribution in [2.24, 2.45) is 5.92 Å². The molecule has 7 heteroatoms. The first-order valence-electron chi connectivity index (χ1n) is 7.64. The minimum Gasteiger partial charge on any atom is -0.354 e. The number of nitrogens with zero attached hydrogens (tertiary/aromatic N) is 4. The summed E-state index contributed by atoms with van der Waals surface area (Å²) in [6, 6.07) is 5.61. The van der Waals surface area contributed by atoms with Gasteiger partial charge in [-0.25, -0.2) is 0 Å². The van der Waals surface area contributed by atoms with E-state index in [-0.39, 0.29) is 24.2 Å². The van der Waals surface area contributed by atoms with Crippen LogP contribution in [0.15, 0.2) is 43.0 Å². The Morgan fingerprint density at radius 1 is 1.35 bits per heavy atom. The molecule has 2 aromatic rings. The van der Waals surface area contributed by atoms with E-state index in [1.165, 1.54) is 0 Å². The van der Waals surface area contributed by atoms with Gasteiger partial charge >= 0.3 is 0 Å². The van der Waals surface area contributed by atoms with Crippen LogP contribution in [0.1, 0.15) is 12.0 Å². The van der Waals surface area contributed by atoms with Gasteiger partial charge in [-0.05, 0) is 17.7 Å². The van der Waals surface area contributed by atoms with Crippen molar-refractivity contribution in [3.63, 3.8) is 0 Å². The van der Waals surface area contributed by atoms with Crippen molar-refractivity contribution in [3.05, 3.63) is 48.5 Å². The fraction of sp³-hybridized carbons (Fsp3) is 0.375. The molecule has 2 amide bonds. The minimum absolute atomic E-state index is 0.0149. The van der Waals surface area contributed by atoms with Crippen molar-refractivity contribution in [3.8, 4) is 0 Å². The molecule has 1 N–H and O–H groups in total. The average molecular weight is 313 g/mol. The van der Waals surface area contributed by atoms with Gasteiger partial charge in [0, 0.05) is 50.8 Å². The van der Waals surface area contributed by atoms with Gasteiger partial charge in [-0.2, -0.15) is 5.10 Å². The zero-order chi connectivity index (χ0) is 16.1. The van der Waals surface area contributed by atoms with Crippen molar-refractivity contribution in [2.75, 3.05) is 13.1 Å². The predicted octanol–water partition coefficient (Wildman–Crippen LogP) is 0.443. The first-order chi connectivity index (χ1) is 11.2. The summed E-state index contributed by atoms with van der Waals surface area (Å²) in [7, 11) is 0. The van der Waals surface area contributed by atoms with Crippen molar-refractivity contribution >= 4 is 11.8 Å². The van der Waals surface area contributed by atoms with E-state index >= 15 is 0 Å². The lowest BCUT2D eigenvalue weighted by atomic mass is 10.1. The van der Waals surface area contributed by atoms with E-state index < -0.39 is 0 Å². The number of pyridine rings is 1. The Bertz CT molecular complexity index is 656. The number of aromatic nitrogens is 3. The van der Waals surface area contributed by atoms with E-state index in [0.29, 0.717) is 26.2 Å². The molecule has 23 heavy (non-hydrogen) atoms. The van der Waals surface area contributed by atoms with Crippen LogP contribution in [0.2, 0.25) is 0 Å². The molecule has 0 aromatic carbocycles. The Morgan fingerprint density at radius 3 is 3.00 bits per heavy atom. The van der Waals surface area contributed by atoms with Gasteiger partial charge < -0.3 is 10.2 Å². The molecular formula is C16H19N5O2. The highest BCUT2D eigenvalue weighted by molar-refractivity contribution is 5.89. The Morgan fingerprint density at radius 2 is 2.26 bits per heavy atom. The van der Waals surface area contributed by atoms with E-state index in [1.807, 2.05) is 24.4 Å². The van der Waals surface area contributed by atoms with E-state index in [1.54, 1.807) is 28.2 Å². The lowest BCUT2D eigenvalue weighted by Crippen LogP contribution is -2.34. The summed E-state index contributed by atoms with van der Waals surface area (Å²) in [6.07, 6.45) is 7.26. The third-order valence-corrected chi connectivity index (χ3v) is 3.88. The molecule has 1 aliphatic heterocycles. The number of rotatable bonds is 6. The van der Waals surface area contributed by atoms with Gasteiger partial charge in [0.15, 0.2) is 0 Å². The van der Waals surface area contributed by atoms with Crippen LogP contribution in [0.25, 0.3) is 0 Å². The molecular weight excluding hydrogens is 294 g/mol. The summed E-state index contributed by atoms with van der Waals surface area (Å²) in [4.78, 5) is 30.0. The maximum absolute atomic E-state index is 12.2. The van der Waals surface area contributed by atoms with Crippen molar-refractivity contribution in [1.29, 1.82) is 0 Å². The van der Waals surface area contributed by atoms with Crippen molar-refractivity contribution in [1.82, 2.24) is 25.0 Å². The molecule has 0 bridgehead atoms. The van der Waals surface area contributed by atoms with Crippen LogP contribution in [0.5, 0.6) is 0 Å². The van der Waals surface area contributed by atoms with Crippen molar-refractivity contribution < 1.29 is 9.59 Å². The van der Waals surface area contributed by atoms with Gasteiger partial charge in [-0.3, -0.25) is 19.3 Å². The number of carbonyl (C=O) groups excluding carboxylic acids is 2. The molecule has 0 saturated carbocycles. The molecule has 0 radical (unpaired) electrons. The summed E-state index contributed by atoms with van der Waals surface area (Å²) in [5.74, 6) is -0.336. The van der Waals surface area contributed by atoms with Gasteiger partial charge in [-0.15, -0.1) is 0 Å². The Labute approximate surface area is 134 Å². The second-order valence-corrected chi connectivity index (χ2v) is 5.60. The fourth-order valence-electron chi connectivity index (χ4n) is 2.68. The molecule has 7 nitrogen and oxygen atoms in total. The van der Waals surface area contributed by atoms with Gasteiger partial charge in [0.2, 0.25) is 11.8 Å². The van der Waals surface area contributed by atoms with Gasteiger partial charge in [0.25, 0.3) is 0 Å². The number of carbonyl (C=O) groups is 2. The Hall–Kier alpha value is -2.70. The first-order valence-corrected chi connectivity index (χ1v) is 7.64. The van der Waals surface area contributed by atoms with E-state index in [2.05, 4.69) is 15.4 Å². The SMILES string of the molecule is O=C(NCCn1cccn1)[C@H]1CC(=O)N(Cc2cccnc2)C1. The van der Waals surface area contributed by atoms with Crippen LogP contribution >= 0.6 is 0 Å². The number of likely N-dealkylation sites (tertiary alicyclic amines) is 1. The fourth-order valence-corrected chi connectivity index (χ4v) is 2.68. The molecule has 0 aliphatic carbocycles. The third-order valence-electron chi connectivity index (χ3n) is 3.88. The number of amides is 2. The summed E-state index contributed by atoms with van der Waals surface area (Å²) in [5, 5.41) is 6.96. The van der Waals surface area contributed by atoms with Crippen LogP contribution in [-0.2, 0) is 22.7 Å². The quantitative estimate of drug-likeness (QED) is 0.839. The Balaban J connectivity index is 1.47. The maximum atomic E-state index is 12.2. The third kappa shape index (κ3) is 3.94. The Kier molecular flexibility index (Phi) is 4.65. The lowest BCUT2D eigenvalue weighted by Gasteiger charge is -2.16. The minimum atomic E-state index is -0.281. The number of hydrogen-bond donors (Lipinski definition) is 1. The largest absolute Gasteiger partial charge is 0.354 e. The van der Waals surface area contributed by atoms with Gasteiger partial charge in [0.1, 0.15) is 0 Å². The van der Waals surface area contributed by atoms with Crippen LogP contribution in [0.4, 0.5) is 0 Å². The molecule has 1 aliphatic rings. The molecule has 2 aromatic heterocycles. The maximum Gasteiger partial charge on any atom is 0.225 e. The molecule has 1 atom stereocenters. The topological polar surface area (TPSA) is 80.1 Å². The zero-order valence-corrected chi connectivity index (χ0v) is 12.8. The summed E-state index contributed by atoms with van der Waals surface area (Å²) >= 11 is 0. The molecule has 3 heterocycles. The van der Waals surface area contributed by atoms with Gasteiger partial charge in [-0.1, -0.05) is 6.07 Å². The highest BCUT2D eigenvalue weighted by atomic mass is 16.2. The standard InChI is InChI=1S/C16H19N5O2/c22-15-9-14(12-20(15)11-13-3-1-4-17-10-13)16(23)18-6-8-21-7-2-5-19-21/h1-5,7,10,14H,6,8-9,11-12H2,(H,18,23)/t14-/m0/s1. The van der Waals surface area contributed by atoms with Crippen LogP contribution in [0, 0.1) is 5.92 Å². The molecule has 1 saturated heterocycles. The monoisotopic (exact) mass is 313 g/mol. The van der Waals surface area contributed by atoms with Crippen molar-refractivity contribution in [2.45, 2.75) is 19.5 Å². The molecule has 120 valence electrons. The molecule has 0 unspecified atom stereocenters. The number of nitrogens with one attached hydrogen (secondary N) is 1. The molecule has 0 spiro atoms. The summed E-state index contributed by atoms with van der Waals surface area (Å²) in [5.41, 5.74) is 0.973. The number of hydrogen-bond acceptors (Lipinski definition) is 4.